The highest BCUT2D eigenvalue weighted by Gasteiger charge is 2.29. The Morgan fingerprint density at radius 1 is 0.812 bits per heavy atom. The van der Waals surface area contributed by atoms with Crippen molar-refractivity contribution in [3.63, 3.8) is 0 Å². The fraction of sp³-hybridized carbons (Fsp3) is 0.200. The number of benzene rings is 4. The van der Waals surface area contributed by atoms with Crippen molar-refractivity contribution < 1.29 is 0 Å². The largest absolute Gasteiger partial charge is 0.333 e. The Labute approximate surface area is 286 Å². The summed E-state index contributed by atoms with van der Waals surface area (Å²) in [5, 5.41) is 0. The monoisotopic (exact) mass is 627 g/mol. The molecule has 48 heavy (non-hydrogen) atoms. The van der Waals surface area contributed by atoms with Crippen LogP contribution < -0.4 is 0 Å². The summed E-state index contributed by atoms with van der Waals surface area (Å²) < 4.78 is 0. The van der Waals surface area contributed by atoms with Crippen molar-refractivity contribution in [3.05, 3.63) is 186 Å². The molecule has 3 heteroatoms. The van der Waals surface area contributed by atoms with Crippen molar-refractivity contribution in [1.82, 2.24) is 4.90 Å². The zero-order valence-corrected chi connectivity index (χ0v) is 28.4. The van der Waals surface area contributed by atoms with Gasteiger partial charge in [-0.05, 0) is 65.1 Å². The summed E-state index contributed by atoms with van der Waals surface area (Å²) in [4.78, 5) is 12.5. The van der Waals surface area contributed by atoms with Gasteiger partial charge in [0.15, 0.2) is 5.84 Å². The maximum atomic E-state index is 5.13. The lowest BCUT2D eigenvalue weighted by atomic mass is 9.75. The number of amidine groups is 2. The van der Waals surface area contributed by atoms with Crippen LogP contribution in [0.15, 0.2) is 174 Å². The highest BCUT2D eigenvalue weighted by Crippen LogP contribution is 2.35. The molecule has 0 spiro atoms. The van der Waals surface area contributed by atoms with E-state index in [0.717, 1.165) is 59.6 Å². The van der Waals surface area contributed by atoms with Crippen LogP contribution in [0.25, 0.3) is 16.7 Å². The van der Waals surface area contributed by atoms with E-state index in [4.69, 9.17) is 9.98 Å². The molecule has 1 heterocycles. The standard InChI is InChI=1S/C45H45N3/c1-5-34(39-25-17-26-40(33-39)35-19-11-8-12-20-35)27-18-32-45(6-2,7-3)41-30-28-38(29-31-41)44-47-42(36-21-13-9-14-22-36)46-43(48(44)4)37-23-15-10-16-24-37/h5,8-9,11-15,17-33,43H,1,6-7,10,16H2,2-4H3/b32-18+,34-27+. The number of nitrogens with zero attached hydrogens (tertiary/aromatic N) is 3. The summed E-state index contributed by atoms with van der Waals surface area (Å²) in [6.45, 7) is 8.70. The Balaban J connectivity index is 1.28. The average Bonchev–Trinajstić information content (AvgIpc) is 3.16. The van der Waals surface area contributed by atoms with Crippen molar-refractivity contribution >= 4 is 17.2 Å². The summed E-state index contributed by atoms with van der Waals surface area (Å²) in [5.41, 5.74) is 9.24. The van der Waals surface area contributed by atoms with Gasteiger partial charge in [0.1, 0.15) is 12.0 Å². The number of aliphatic imine (C=N–C) groups is 2. The molecule has 240 valence electrons. The number of likely N-dealkylation sites (N-methyl/N-ethyl adjacent to an activating group) is 1. The first-order valence-corrected chi connectivity index (χ1v) is 17.2. The van der Waals surface area contributed by atoms with E-state index in [0.29, 0.717) is 0 Å². The average molecular weight is 628 g/mol. The van der Waals surface area contributed by atoms with Crippen LogP contribution in [0.2, 0.25) is 0 Å². The highest BCUT2D eigenvalue weighted by atomic mass is 15.3. The second-order valence-electron chi connectivity index (χ2n) is 12.5. The van der Waals surface area contributed by atoms with Crippen molar-refractivity contribution in [1.29, 1.82) is 0 Å². The molecule has 1 aliphatic heterocycles. The van der Waals surface area contributed by atoms with Gasteiger partial charge in [-0.2, -0.15) is 0 Å². The van der Waals surface area contributed by atoms with Gasteiger partial charge in [-0.25, -0.2) is 9.98 Å². The summed E-state index contributed by atoms with van der Waals surface area (Å²) in [5.74, 6) is 1.71. The molecule has 6 rings (SSSR count). The molecule has 0 radical (unpaired) electrons. The molecule has 0 saturated carbocycles. The van der Waals surface area contributed by atoms with E-state index >= 15 is 0 Å². The van der Waals surface area contributed by atoms with Crippen LogP contribution in [-0.4, -0.2) is 29.8 Å². The molecule has 2 aliphatic rings. The predicted molar refractivity (Wildman–Crippen MR) is 205 cm³/mol. The molecule has 0 N–H and O–H groups in total. The molecule has 4 aromatic rings. The smallest absolute Gasteiger partial charge is 0.159 e. The fourth-order valence-corrected chi connectivity index (χ4v) is 6.71. The molecule has 1 atom stereocenters. The number of hydrogen-bond acceptors (Lipinski definition) is 3. The quantitative estimate of drug-likeness (QED) is 0.152. The van der Waals surface area contributed by atoms with Gasteiger partial charge in [-0.15, -0.1) is 0 Å². The molecular formula is C45H45N3. The lowest BCUT2D eigenvalue weighted by Gasteiger charge is -2.34. The first kappa shape index (κ1) is 32.7. The molecule has 1 aliphatic carbocycles. The first-order valence-electron chi connectivity index (χ1n) is 17.2. The second kappa shape index (κ2) is 15.1. The molecule has 0 aromatic heterocycles. The van der Waals surface area contributed by atoms with E-state index in [9.17, 15) is 0 Å². The molecular weight excluding hydrogens is 583 g/mol. The van der Waals surface area contributed by atoms with Gasteiger partial charge in [0.05, 0.1) is 0 Å². The van der Waals surface area contributed by atoms with Crippen molar-refractivity contribution in [3.8, 4) is 11.1 Å². The van der Waals surface area contributed by atoms with Crippen molar-refractivity contribution in [2.24, 2.45) is 9.98 Å². The third-order valence-corrected chi connectivity index (χ3v) is 9.70. The number of hydrogen-bond donors (Lipinski definition) is 0. The third-order valence-electron chi connectivity index (χ3n) is 9.70. The van der Waals surface area contributed by atoms with Crippen LogP contribution in [0.3, 0.4) is 0 Å². The summed E-state index contributed by atoms with van der Waals surface area (Å²) in [6.07, 6.45) is 19.5. The zero-order chi connectivity index (χ0) is 33.3. The lowest BCUT2D eigenvalue weighted by Crippen LogP contribution is -2.41. The van der Waals surface area contributed by atoms with Crippen LogP contribution in [0.1, 0.15) is 61.8 Å². The Morgan fingerprint density at radius 2 is 1.50 bits per heavy atom. The van der Waals surface area contributed by atoms with E-state index in [1.165, 1.54) is 22.3 Å². The van der Waals surface area contributed by atoms with Crippen molar-refractivity contribution in [2.45, 2.75) is 51.1 Å². The normalized spacial score (nSPS) is 16.8. The van der Waals surface area contributed by atoms with E-state index < -0.39 is 0 Å². The van der Waals surface area contributed by atoms with Gasteiger partial charge < -0.3 is 4.90 Å². The van der Waals surface area contributed by atoms with E-state index in [2.05, 4.69) is 160 Å². The van der Waals surface area contributed by atoms with Gasteiger partial charge in [-0.1, -0.05) is 166 Å². The first-order chi connectivity index (χ1) is 23.5. The topological polar surface area (TPSA) is 28.0 Å². The summed E-state index contributed by atoms with van der Waals surface area (Å²) in [6, 6.07) is 38.5. The fourth-order valence-electron chi connectivity index (χ4n) is 6.71. The predicted octanol–water partition coefficient (Wildman–Crippen LogP) is 11.0. The molecule has 3 nitrogen and oxygen atoms in total. The Hall–Kier alpha value is -5.28. The van der Waals surface area contributed by atoms with Gasteiger partial charge in [0, 0.05) is 23.6 Å². The van der Waals surface area contributed by atoms with Gasteiger partial charge in [0.25, 0.3) is 0 Å². The molecule has 0 fully saturated rings. The SMILES string of the molecule is C=C/C(=C\C=C\C(CC)(CC)c1ccc(C2=NC(c3ccccc3)=NC(C3=CCCC=C3)N2C)cc1)c1cccc(-c2ccccc2)c1. The van der Waals surface area contributed by atoms with Crippen LogP contribution in [0.5, 0.6) is 0 Å². The lowest BCUT2D eigenvalue weighted by molar-refractivity contribution is 0.420. The molecule has 0 amide bonds. The summed E-state index contributed by atoms with van der Waals surface area (Å²) in [7, 11) is 2.11. The highest BCUT2D eigenvalue weighted by molar-refractivity contribution is 6.13. The zero-order valence-electron chi connectivity index (χ0n) is 28.4. The van der Waals surface area contributed by atoms with E-state index in [1.54, 1.807) is 0 Å². The molecule has 0 saturated heterocycles. The minimum atomic E-state index is -0.114. The van der Waals surface area contributed by atoms with Crippen LogP contribution >= 0.6 is 0 Å². The number of allylic oxidation sites excluding steroid dienone is 7. The second-order valence-corrected chi connectivity index (χ2v) is 12.5. The maximum absolute atomic E-state index is 5.13. The minimum Gasteiger partial charge on any atom is -0.333 e. The van der Waals surface area contributed by atoms with E-state index in [1.807, 2.05) is 24.3 Å². The van der Waals surface area contributed by atoms with Crippen LogP contribution in [0, 0.1) is 0 Å². The van der Waals surface area contributed by atoms with Crippen LogP contribution in [-0.2, 0) is 5.41 Å². The Kier molecular flexibility index (Phi) is 10.3. The number of rotatable bonds is 11. The van der Waals surface area contributed by atoms with Gasteiger partial charge >= 0.3 is 0 Å². The molecule has 1 unspecified atom stereocenters. The Bertz CT molecular complexity index is 1900. The van der Waals surface area contributed by atoms with Gasteiger partial charge in [-0.3, -0.25) is 0 Å². The Morgan fingerprint density at radius 3 is 2.15 bits per heavy atom. The van der Waals surface area contributed by atoms with Crippen LogP contribution in [0.4, 0.5) is 0 Å². The minimum absolute atomic E-state index is 0.0929. The molecule has 4 aromatic carbocycles. The maximum Gasteiger partial charge on any atom is 0.159 e. The molecule has 0 bridgehead atoms. The van der Waals surface area contributed by atoms with E-state index in [-0.39, 0.29) is 11.6 Å². The third kappa shape index (κ3) is 7.01. The van der Waals surface area contributed by atoms with Gasteiger partial charge in [0.2, 0.25) is 0 Å². The summed E-state index contributed by atoms with van der Waals surface area (Å²) >= 11 is 0. The van der Waals surface area contributed by atoms with Crippen molar-refractivity contribution in [2.75, 3.05) is 7.05 Å².